The molecule has 2 aromatic rings. The van der Waals surface area contributed by atoms with E-state index in [1.165, 1.54) is 10.9 Å². The van der Waals surface area contributed by atoms with E-state index in [0.717, 1.165) is 24.6 Å². The molecule has 0 fully saturated rings. The predicted octanol–water partition coefficient (Wildman–Crippen LogP) is 3.80. The Morgan fingerprint density at radius 3 is 2.86 bits per heavy atom. The highest BCUT2D eigenvalue weighted by Crippen LogP contribution is 2.16. The molecule has 0 unspecified atom stereocenters. The van der Waals surface area contributed by atoms with Crippen LogP contribution in [0, 0.1) is 5.82 Å². The minimum absolute atomic E-state index is 0.124. The third kappa shape index (κ3) is 5.02. The van der Waals surface area contributed by atoms with Crippen LogP contribution in [-0.4, -0.2) is 12.5 Å². The quantitative estimate of drug-likeness (QED) is 0.648. The minimum Gasteiger partial charge on any atom is -0.357 e. The van der Waals surface area contributed by atoms with E-state index in [2.05, 4.69) is 21.7 Å². The Hall–Kier alpha value is -1.59. The number of thiophene rings is 1. The maximum atomic E-state index is 13.1. The van der Waals surface area contributed by atoms with Crippen molar-refractivity contribution in [2.75, 3.05) is 6.54 Å². The molecule has 0 bridgehead atoms. The van der Waals surface area contributed by atoms with Gasteiger partial charge in [-0.2, -0.15) is 0 Å². The topological polar surface area (TPSA) is 36.4 Å². The van der Waals surface area contributed by atoms with Crippen molar-refractivity contribution in [1.29, 1.82) is 0 Å². The summed E-state index contributed by atoms with van der Waals surface area (Å²) in [5, 5.41) is 8.61. The van der Waals surface area contributed by atoms with Crippen molar-refractivity contribution >= 4 is 28.9 Å². The molecule has 0 saturated carbocycles. The van der Waals surface area contributed by atoms with Crippen LogP contribution in [0.2, 0.25) is 5.02 Å². The Bertz CT molecular complexity index is 599. The predicted molar refractivity (Wildman–Crippen MR) is 87.4 cm³/mol. The van der Waals surface area contributed by atoms with Crippen LogP contribution in [0.25, 0.3) is 0 Å². The summed E-state index contributed by atoms with van der Waals surface area (Å²) < 4.78 is 13.1. The SMILES string of the molecule is CCNC(=NCc1ccc(F)c(Cl)c1)NCc1cccs1. The van der Waals surface area contributed by atoms with Crippen LogP contribution in [0.3, 0.4) is 0 Å². The molecule has 1 aromatic heterocycles. The molecule has 0 aliphatic carbocycles. The minimum atomic E-state index is -0.410. The highest BCUT2D eigenvalue weighted by molar-refractivity contribution is 7.09. The second kappa shape index (κ2) is 8.00. The van der Waals surface area contributed by atoms with E-state index < -0.39 is 5.82 Å². The van der Waals surface area contributed by atoms with E-state index in [0.29, 0.717) is 6.54 Å². The maximum Gasteiger partial charge on any atom is 0.191 e. The van der Waals surface area contributed by atoms with E-state index in [-0.39, 0.29) is 5.02 Å². The molecule has 0 spiro atoms. The zero-order valence-electron chi connectivity index (χ0n) is 11.7. The molecular weight excluding hydrogens is 309 g/mol. The Labute approximate surface area is 132 Å². The van der Waals surface area contributed by atoms with Crippen molar-refractivity contribution in [1.82, 2.24) is 10.6 Å². The summed E-state index contributed by atoms with van der Waals surface area (Å²) in [6, 6.07) is 8.74. The first-order chi connectivity index (χ1) is 10.2. The highest BCUT2D eigenvalue weighted by Gasteiger charge is 2.02. The molecule has 1 heterocycles. The lowest BCUT2D eigenvalue weighted by atomic mass is 10.2. The van der Waals surface area contributed by atoms with E-state index in [1.807, 2.05) is 18.4 Å². The van der Waals surface area contributed by atoms with E-state index in [9.17, 15) is 4.39 Å². The summed E-state index contributed by atoms with van der Waals surface area (Å²) in [5.41, 5.74) is 0.870. The fourth-order valence-electron chi connectivity index (χ4n) is 1.73. The molecule has 0 aliphatic rings. The largest absolute Gasteiger partial charge is 0.357 e. The van der Waals surface area contributed by atoms with Gasteiger partial charge in [0.2, 0.25) is 0 Å². The molecule has 2 N–H and O–H groups in total. The third-order valence-electron chi connectivity index (χ3n) is 2.76. The number of nitrogens with zero attached hydrogens (tertiary/aromatic N) is 1. The molecule has 0 atom stereocenters. The van der Waals surface area contributed by atoms with Crippen LogP contribution >= 0.6 is 22.9 Å². The van der Waals surface area contributed by atoms with Gasteiger partial charge in [-0.3, -0.25) is 0 Å². The summed E-state index contributed by atoms with van der Waals surface area (Å²) in [6.07, 6.45) is 0. The van der Waals surface area contributed by atoms with Crippen molar-refractivity contribution in [3.63, 3.8) is 0 Å². The van der Waals surface area contributed by atoms with Gasteiger partial charge in [-0.15, -0.1) is 11.3 Å². The Kier molecular flexibility index (Phi) is 6.02. The zero-order chi connectivity index (χ0) is 15.1. The zero-order valence-corrected chi connectivity index (χ0v) is 13.3. The van der Waals surface area contributed by atoms with Crippen LogP contribution in [-0.2, 0) is 13.1 Å². The van der Waals surface area contributed by atoms with Crippen molar-refractivity contribution in [3.8, 4) is 0 Å². The molecule has 6 heteroatoms. The second-order valence-electron chi connectivity index (χ2n) is 4.38. The fourth-order valence-corrected chi connectivity index (χ4v) is 2.58. The van der Waals surface area contributed by atoms with E-state index in [4.69, 9.17) is 11.6 Å². The lowest BCUT2D eigenvalue weighted by Gasteiger charge is -2.10. The first kappa shape index (κ1) is 15.8. The number of rotatable bonds is 5. The number of nitrogens with one attached hydrogen (secondary N) is 2. The van der Waals surface area contributed by atoms with Crippen LogP contribution in [0.1, 0.15) is 17.4 Å². The average molecular weight is 326 g/mol. The van der Waals surface area contributed by atoms with Gasteiger partial charge in [0.1, 0.15) is 5.82 Å². The maximum absolute atomic E-state index is 13.1. The lowest BCUT2D eigenvalue weighted by Crippen LogP contribution is -2.36. The van der Waals surface area contributed by atoms with Crippen LogP contribution in [0.15, 0.2) is 40.7 Å². The Balaban J connectivity index is 1.97. The Morgan fingerprint density at radius 1 is 1.33 bits per heavy atom. The van der Waals surface area contributed by atoms with E-state index in [1.54, 1.807) is 23.5 Å². The van der Waals surface area contributed by atoms with Gasteiger partial charge in [-0.05, 0) is 36.1 Å². The normalized spacial score (nSPS) is 11.5. The highest BCUT2D eigenvalue weighted by atomic mass is 35.5. The van der Waals surface area contributed by atoms with Crippen molar-refractivity contribution in [2.24, 2.45) is 4.99 Å². The van der Waals surface area contributed by atoms with Crippen LogP contribution in [0.5, 0.6) is 0 Å². The molecule has 0 amide bonds. The van der Waals surface area contributed by atoms with Gasteiger partial charge in [0, 0.05) is 11.4 Å². The first-order valence-electron chi connectivity index (χ1n) is 6.67. The smallest absolute Gasteiger partial charge is 0.191 e. The lowest BCUT2D eigenvalue weighted by molar-refractivity contribution is 0.627. The molecule has 3 nitrogen and oxygen atoms in total. The number of aliphatic imine (C=N–C) groups is 1. The van der Waals surface area contributed by atoms with Crippen molar-refractivity contribution in [3.05, 3.63) is 57.0 Å². The molecule has 0 saturated heterocycles. The summed E-state index contributed by atoms with van der Waals surface area (Å²) in [4.78, 5) is 5.71. The molecule has 2 rings (SSSR count). The van der Waals surface area contributed by atoms with Gasteiger partial charge in [0.25, 0.3) is 0 Å². The monoisotopic (exact) mass is 325 g/mol. The molecule has 1 aromatic carbocycles. The number of hydrogen-bond acceptors (Lipinski definition) is 2. The fraction of sp³-hybridized carbons (Fsp3) is 0.267. The first-order valence-corrected chi connectivity index (χ1v) is 7.93. The molecule has 0 aliphatic heterocycles. The molecular formula is C15H17ClFN3S. The summed E-state index contributed by atoms with van der Waals surface area (Å²) in [7, 11) is 0. The molecule has 112 valence electrons. The van der Waals surface area contributed by atoms with E-state index >= 15 is 0 Å². The molecule has 0 radical (unpaired) electrons. The number of guanidine groups is 1. The summed E-state index contributed by atoms with van der Waals surface area (Å²) >= 11 is 7.46. The van der Waals surface area contributed by atoms with Gasteiger partial charge in [0.05, 0.1) is 18.1 Å². The van der Waals surface area contributed by atoms with Gasteiger partial charge >= 0.3 is 0 Å². The standard InChI is InChI=1S/C15H17ClFN3S/c1-2-18-15(20-10-12-4-3-7-21-12)19-9-11-5-6-14(17)13(16)8-11/h3-8H,2,9-10H2,1H3,(H2,18,19,20). The van der Waals surface area contributed by atoms with Crippen LogP contribution < -0.4 is 10.6 Å². The van der Waals surface area contributed by atoms with Gasteiger partial charge in [-0.25, -0.2) is 9.38 Å². The van der Waals surface area contributed by atoms with Crippen LogP contribution in [0.4, 0.5) is 4.39 Å². The average Bonchev–Trinajstić information content (AvgIpc) is 2.99. The summed E-state index contributed by atoms with van der Waals surface area (Å²) in [5.74, 6) is 0.318. The summed E-state index contributed by atoms with van der Waals surface area (Å²) in [6.45, 7) is 3.96. The third-order valence-corrected chi connectivity index (χ3v) is 3.92. The van der Waals surface area contributed by atoms with Crippen molar-refractivity contribution in [2.45, 2.75) is 20.0 Å². The Morgan fingerprint density at radius 2 is 2.19 bits per heavy atom. The number of hydrogen-bond donors (Lipinski definition) is 2. The van der Waals surface area contributed by atoms with Crippen molar-refractivity contribution < 1.29 is 4.39 Å². The second-order valence-corrected chi connectivity index (χ2v) is 5.82. The van der Waals surface area contributed by atoms with Gasteiger partial charge in [0.15, 0.2) is 5.96 Å². The molecule has 21 heavy (non-hydrogen) atoms. The van der Waals surface area contributed by atoms with Gasteiger partial charge in [-0.1, -0.05) is 23.7 Å². The van der Waals surface area contributed by atoms with Gasteiger partial charge < -0.3 is 10.6 Å². The number of benzene rings is 1. The number of halogens is 2.